The molecule has 2 fully saturated rings. The third kappa shape index (κ3) is 14.0. The van der Waals surface area contributed by atoms with Crippen LogP contribution in [-0.2, 0) is 36.5 Å². The lowest BCUT2D eigenvalue weighted by Crippen LogP contribution is -2.29. The average molecular weight is 817 g/mol. The molecule has 2 aromatic carbocycles. The summed E-state index contributed by atoms with van der Waals surface area (Å²) in [7, 11) is 0. The van der Waals surface area contributed by atoms with Gasteiger partial charge < -0.3 is 18.9 Å². The zero-order valence-electron chi connectivity index (χ0n) is 41.2. The molecule has 4 nitrogen and oxygen atoms in total. The first-order valence-corrected chi connectivity index (χ1v) is 24.7. The average Bonchev–Trinajstić information content (AvgIpc) is 4.12. The molecule has 2 aliphatic heterocycles. The fourth-order valence-corrected chi connectivity index (χ4v) is 9.33. The predicted molar refractivity (Wildman–Crippen MR) is 253 cm³/mol. The predicted octanol–water partition coefficient (Wildman–Crippen LogP) is 15.8. The molecule has 0 radical (unpaired) electrons. The molecular formula is C55H92O4. The van der Waals surface area contributed by atoms with Crippen LogP contribution in [0.1, 0.15) is 246 Å². The van der Waals surface area contributed by atoms with Crippen molar-refractivity contribution in [2.75, 3.05) is 26.4 Å². The van der Waals surface area contributed by atoms with Crippen LogP contribution >= 0.6 is 0 Å². The van der Waals surface area contributed by atoms with Crippen LogP contribution in [-0.4, -0.2) is 38.6 Å². The zero-order chi connectivity index (χ0) is 43.5. The third-order valence-electron chi connectivity index (χ3n) is 14.3. The van der Waals surface area contributed by atoms with Crippen molar-refractivity contribution in [2.24, 2.45) is 0 Å². The number of hydrogen-bond donors (Lipinski definition) is 0. The maximum Gasteiger partial charge on any atom is 0.126 e. The lowest BCUT2D eigenvalue weighted by atomic mass is 9.67. The van der Waals surface area contributed by atoms with Crippen molar-refractivity contribution in [1.82, 2.24) is 0 Å². The van der Waals surface area contributed by atoms with E-state index in [1.165, 1.54) is 110 Å². The molecule has 2 aliphatic rings. The quantitative estimate of drug-likeness (QED) is 0.0582. The Hall–Kier alpha value is -2.04. The van der Waals surface area contributed by atoms with E-state index in [-0.39, 0.29) is 27.1 Å². The van der Waals surface area contributed by atoms with Crippen molar-refractivity contribution in [3.63, 3.8) is 0 Å². The molecular weight excluding hydrogens is 725 g/mol. The molecule has 2 unspecified atom stereocenters. The Morgan fingerprint density at radius 2 is 0.695 bits per heavy atom. The molecule has 0 aromatic heterocycles. The summed E-state index contributed by atoms with van der Waals surface area (Å²) < 4.78 is 25.4. The van der Waals surface area contributed by atoms with Crippen LogP contribution in [0, 0.1) is 0 Å². The number of ether oxygens (including phenoxy) is 4. The highest BCUT2D eigenvalue weighted by atomic mass is 16.6. The Bertz CT molecular complexity index is 1370. The Morgan fingerprint density at radius 1 is 0.441 bits per heavy atom. The molecule has 0 saturated carbocycles. The summed E-state index contributed by atoms with van der Waals surface area (Å²) in [6, 6.07) is 10.3. The summed E-state index contributed by atoms with van der Waals surface area (Å²) in [6.45, 7) is 37.2. The van der Waals surface area contributed by atoms with Gasteiger partial charge in [-0.3, -0.25) is 0 Å². The molecule has 59 heavy (non-hydrogen) atoms. The van der Waals surface area contributed by atoms with Gasteiger partial charge >= 0.3 is 0 Å². The third-order valence-corrected chi connectivity index (χ3v) is 14.3. The largest absolute Gasteiger partial charge is 0.493 e. The maximum atomic E-state index is 7.07. The molecule has 2 heterocycles. The first-order valence-electron chi connectivity index (χ1n) is 24.7. The molecule has 4 rings (SSSR count). The number of benzene rings is 2. The van der Waals surface area contributed by atoms with Gasteiger partial charge in [0.1, 0.15) is 11.5 Å². The van der Waals surface area contributed by atoms with Crippen LogP contribution in [0.15, 0.2) is 24.3 Å². The van der Waals surface area contributed by atoms with Gasteiger partial charge in [0.15, 0.2) is 0 Å². The Labute approximate surface area is 365 Å². The van der Waals surface area contributed by atoms with Crippen molar-refractivity contribution in [2.45, 2.75) is 252 Å². The smallest absolute Gasteiger partial charge is 0.126 e. The molecule has 0 bridgehead atoms. The van der Waals surface area contributed by atoms with Gasteiger partial charge in [0.2, 0.25) is 0 Å². The van der Waals surface area contributed by atoms with Crippen LogP contribution in [0.3, 0.4) is 0 Å². The molecule has 2 aromatic rings. The summed E-state index contributed by atoms with van der Waals surface area (Å²) >= 11 is 0. The number of rotatable bonds is 30. The highest BCUT2D eigenvalue weighted by Crippen LogP contribution is 2.50. The van der Waals surface area contributed by atoms with Crippen LogP contribution in [0.2, 0.25) is 0 Å². The van der Waals surface area contributed by atoms with Crippen LogP contribution in [0.4, 0.5) is 0 Å². The van der Waals surface area contributed by atoms with Crippen LogP contribution in [0.5, 0.6) is 11.5 Å². The highest BCUT2D eigenvalue weighted by molar-refractivity contribution is 5.58. The number of epoxide rings is 2. The van der Waals surface area contributed by atoms with Crippen molar-refractivity contribution in [3.05, 3.63) is 57.6 Å². The minimum Gasteiger partial charge on any atom is -0.493 e. The molecule has 0 aliphatic carbocycles. The van der Waals surface area contributed by atoms with E-state index in [1.807, 2.05) is 0 Å². The second-order valence-electron chi connectivity index (χ2n) is 22.0. The zero-order valence-corrected chi connectivity index (χ0v) is 41.2. The van der Waals surface area contributed by atoms with Crippen molar-refractivity contribution >= 4 is 0 Å². The highest BCUT2D eigenvalue weighted by Gasteiger charge is 2.39. The van der Waals surface area contributed by atoms with Gasteiger partial charge in [-0.15, -0.1) is 0 Å². The lowest BCUT2D eigenvalue weighted by Gasteiger charge is -2.39. The summed E-state index contributed by atoms with van der Waals surface area (Å²) in [5.74, 6) is 2.29. The van der Waals surface area contributed by atoms with Gasteiger partial charge in [-0.1, -0.05) is 198 Å². The maximum absolute atomic E-state index is 7.07. The fraction of sp³-hybridized carbons (Fsp3) is 0.782. The van der Waals surface area contributed by atoms with Gasteiger partial charge in [0.05, 0.1) is 38.6 Å². The second-order valence-corrected chi connectivity index (χ2v) is 22.0. The second kappa shape index (κ2) is 21.8. The summed E-state index contributed by atoms with van der Waals surface area (Å²) in [5, 5.41) is 0. The van der Waals surface area contributed by atoms with Gasteiger partial charge in [-0.05, 0) is 58.5 Å². The van der Waals surface area contributed by atoms with Crippen molar-refractivity contribution in [1.29, 1.82) is 0 Å². The minimum atomic E-state index is -0.272. The minimum absolute atomic E-state index is 0.0389. The van der Waals surface area contributed by atoms with E-state index < -0.39 is 0 Å². The van der Waals surface area contributed by atoms with E-state index in [0.717, 1.165) is 63.2 Å². The van der Waals surface area contributed by atoms with E-state index in [4.69, 9.17) is 18.9 Å². The molecule has 2 atom stereocenters. The van der Waals surface area contributed by atoms with Crippen LogP contribution in [0.25, 0.3) is 0 Å². The topological polar surface area (TPSA) is 43.5 Å². The lowest BCUT2D eigenvalue weighted by molar-refractivity contribution is 0.266. The molecule has 336 valence electrons. The van der Waals surface area contributed by atoms with E-state index >= 15 is 0 Å². The van der Waals surface area contributed by atoms with Crippen molar-refractivity contribution in [3.8, 4) is 11.5 Å². The van der Waals surface area contributed by atoms with Crippen LogP contribution < -0.4 is 9.47 Å². The summed E-state index contributed by atoms with van der Waals surface area (Å²) in [6.07, 6.45) is 22.0. The van der Waals surface area contributed by atoms with Crippen molar-refractivity contribution < 1.29 is 18.9 Å². The SMILES string of the molecule is CCCCCC(C)(C)c1cc(C(C)(C)c2cc(C(C)(C)CCCCC)c(OCCC3CO3)c(C(C)(C)CCCCC)c2)cc(C(C)(C)CCCCC)c1OCCC1CO1. The van der Waals surface area contributed by atoms with E-state index in [9.17, 15) is 0 Å². The monoisotopic (exact) mass is 817 g/mol. The normalized spacial score (nSPS) is 17.4. The standard InChI is InChI=1S/C55H92O4/c1-15-19-23-29-51(5,6)45-35-41(36-46(52(7,8)30-24-20-16-2)49(45)56-33-27-43-39-58-43)55(13,14)42-37-47(53(9,10)31-25-21-17-3)50(57-34-28-44-40-59-44)48(38-42)54(11,12)32-26-22-18-4/h35-38,43-44H,15-34,39-40H2,1-14H3. The summed E-state index contributed by atoms with van der Waals surface area (Å²) in [4.78, 5) is 0. The first-order chi connectivity index (χ1) is 27.8. The van der Waals surface area contributed by atoms with Gasteiger partial charge in [0.25, 0.3) is 0 Å². The molecule has 0 spiro atoms. The Balaban J connectivity index is 2.00. The molecule has 0 N–H and O–H groups in total. The fourth-order valence-electron chi connectivity index (χ4n) is 9.33. The van der Waals surface area contributed by atoms with E-state index in [0.29, 0.717) is 25.4 Å². The molecule has 0 amide bonds. The molecule has 2 saturated heterocycles. The first kappa shape index (κ1) is 49.6. The Morgan fingerprint density at radius 3 is 0.915 bits per heavy atom. The van der Waals surface area contributed by atoms with E-state index in [1.54, 1.807) is 0 Å². The van der Waals surface area contributed by atoms with E-state index in [2.05, 4.69) is 121 Å². The number of hydrogen-bond acceptors (Lipinski definition) is 4. The van der Waals surface area contributed by atoms with Gasteiger partial charge in [-0.25, -0.2) is 0 Å². The number of unbranched alkanes of at least 4 members (excludes halogenated alkanes) is 8. The van der Waals surface area contributed by atoms with Gasteiger partial charge in [0, 0.05) is 40.5 Å². The Kier molecular flexibility index (Phi) is 18.4. The molecule has 4 heteroatoms. The summed E-state index contributed by atoms with van der Waals surface area (Å²) in [5.41, 5.74) is 7.92. The van der Waals surface area contributed by atoms with Gasteiger partial charge in [-0.2, -0.15) is 0 Å².